The molecule has 4 aliphatic rings. The van der Waals surface area contributed by atoms with Crippen LogP contribution in [0.15, 0.2) is 109 Å². The average molecular weight is 521 g/mol. The van der Waals surface area contributed by atoms with E-state index < -0.39 is 0 Å². The molecule has 0 fully saturated rings. The molecule has 4 aromatic carbocycles. The summed E-state index contributed by atoms with van der Waals surface area (Å²) in [5.74, 6) is 0.505. The Morgan fingerprint density at radius 3 is 2.00 bits per heavy atom. The molecule has 2 nitrogen and oxygen atoms in total. The van der Waals surface area contributed by atoms with Crippen LogP contribution < -0.4 is 9.80 Å². The molecule has 0 aromatic heterocycles. The maximum Gasteiger partial charge on any atom is 0.0652 e. The first-order valence-corrected chi connectivity index (χ1v) is 14.8. The van der Waals surface area contributed by atoms with Crippen molar-refractivity contribution >= 4 is 22.7 Å². The van der Waals surface area contributed by atoms with Gasteiger partial charge in [-0.2, -0.15) is 0 Å². The summed E-state index contributed by atoms with van der Waals surface area (Å²) in [6.07, 6.45) is 8.04. The van der Waals surface area contributed by atoms with Crippen LogP contribution in [-0.2, 0) is 10.8 Å². The molecule has 1 aliphatic heterocycles. The van der Waals surface area contributed by atoms with E-state index in [1.54, 1.807) is 5.57 Å². The van der Waals surface area contributed by atoms with Crippen LogP contribution in [0, 0.1) is 0 Å². The standard InChI is InChI=1S/C38H36N2/c1-37(2)31-13-7-5-11-27(31)29-23-25(17-19-33(29)37)39-21-22-40(36-16-10-9-15-35(36)39)26-18-20-34-30(24-26)28-12-6-8-14-32(28)38(34,3)4/h5-11,13-20,23-24,28H,12,21-22H2,1-4H3. The summed E-state index contributed by atoms with van der Waals surface area (Å²) in [6.45, 7) is 11.4. The second-order valence-corrected chi connectivity index (χ2v) is 12.9. The van der Waals surface area contributed by atoms with Gasteiger partial charge >= 0.3 is 0 Å². The number of nitrogens with zero attached hydrogens (tertiary/aromatic N) is 2. The highest BCUT2D eigenvalue weighted by Gasteiger charge is 2.42. The lowest BCUT2D eigenvalue weighted by Crippen LogP contribution is -2.36. The minimum Gasteiger partial charge on any atom is -0.338 e. The van der Waals surface area contributed by atoms with E-state index in [0.29, 0.717) is 5.92 Å². The fourth-order valence-electron chi connectivity index (χ4n) is 8.07. The predicted molar refractivity (Wildman–Crippen MR) is 169 cm³/mol. The molecule has 1 unspecified atom stereocenters. The van der Waals surface area contributed by atoms with Gasteiger partial charge in [-0.1, -0.05) is 100 Å². The summed E-state index contributed by atoms with van der Waals surface area (Å²) >= 11 is 0. The Balaban J connectivity index is 1.19. The van der Waals surface area contributed by atoms with Crippen molar-refractivity contribution in [1.82, 2.24) is 0 Å². The van der Waals surface area contributed by atoms with Crippen molar-refractivity contribution in [2.45, 2.75) is 50.9 Å². The molecule has 0 amide bonds. The fraction of sp³-hybridized carbons (Fsp3) is 0.263. The van der Waals surface area contributed by atoms with Crippen LogP contribution in [0.3, 0.4) is 0 Å². The maximum atomic E-state index is 2.53. The fourth-order valence-corrected chi connectivity index (χ4v) is 8.07. The van der Waals surface area contributed by atoms with Crippen LogP contribution in [0.5, 0.6) is 0 Å². The van der Waals surface area contributed by atoms with Gasteiger partial charge in [0.2, 0.25) is 0 Å². The topological polar surface area (TPSA) is 6.48 Å². The number of benzene rings is 4. The number of anilines is 4. The Labute approximate surface area is 238 Å². The van der Waals surface area contributed by atoms with E-state index in [4.69, 9.17) is 0 Å². The molecule has 2 heteroatoms. The minimum absolute atomic E-state index is 0.0341. The van der Waals surface area contributed by atoms with Gasteiger partial charge in [0.1, 0.15) is 0 Å². The summed E-state index contributed by atoms with van der Waals surface area (Å²) in [6, 6.07) is 32.2. The molecular formula is C38H36N2. The number of hydrogen-bond donors (Lipinski definition) is 0. The van der Waals surface area contributed by atoms with Crippen LogP contribution >= 0.6 is 0 Å². The summed E-state index contributed by atoms with van der Waals surface area (Å²) in [5, 5.41) is 0. The molecular weight excluding hydrogens is 484 g/mol. The van der Waals surface area contributed by atoms with Crippen LogP contribution in [0.4, 0.5) is 22.7 Å². The largest absolute Gasteiger partial charge is 0.338 e. The van der Waals surface area contributed by atoms with E-state index in [-0.39, 0.29) is 10.8 Å². The van der Waals surface area contributed by atoms with E-state index in [0.717, 1.165) is 19.5 Å². The second kappa shape index (κ2) is 8.24. The first-order valence-electron chi connectivity index (χ1n) is 14.8. The third kappa shape index (κ3) is 3.17. The highest BCUT2D eigenvalue weighted by molar-refractivity contribution is 5.88. The molecule has 8 rings (SSSR count). The van der Waals surface area contributed by atoms with Crippen molar-refractivity contribution in [1.29, 1.82) is 0 Å². The van der Waals surface area contributed by atoms with Gasteiger partial charge < -0.3 is 9.80 Å². The third-order valence-electron chi connectivity index (χ3n) is 10.2. The highest BCUT2D eigenvalue weighted by Crippen LogP contribution is 2.54. The Kier molecular flexibility index (Phi) is 4.90. The summed E-state index contributed by atoms with van der Waals surface area (Å²) in [4.78, 5) is 5.05. The lowest BCUT2D eigenvalue weighted by molar-refractivity contribution is 0.612. The van der Waals surface area contributed by atoms with Gasteiger partial charge in [-0.15, -0.1) is 0 Å². The van der Waals surface area contributed by atoms with Crippen LogP contribution in [0.1, 0.15) is 62.3 Å². The number of para-hydroxylation sites is 2. The molecule has 0 radical (unpaired) electrons. The molecule has 0 saturated heterocycles. The number of fused-ring (bicyclic) bond motifs is 7. The minimum atomic E-state index is 0.0341. The Bertz CT molecular complexity index is 1750. The average Bonchev–Trinajstić information content (AvgIpc) is 3.36. The van der Waals surface area contributed by atoms with Crippen molar-refractivity contribution in [2.75, 3.05) is 22.9 Å². The van der Waals surface area contributed by atoms with E-state index in [1.165, 1.54) is 56.1 Å². The molecule has 40 heavy (non-hydrogen) atoms. The van der Waals surface area contributed by atoms with Gasteiger partial charge in [-0.05, 0) is 76.2 Å². The first-order chi connectivity index (χ1) is 19.4. The van der Waals surface area contributed by atoms with Crippen LogP contribution in [-0.4, -0.2) is 13.1 Å². The predicted octanol–water partition coefficient (Wildman–Crippen LogP) is 9.54. The molecule has 198 valence electrons. The Morgan fingerprint density at radius 1 is 0.625 bits per heavy atom. The van der Waals surface area contributed by atoms with Crippen LogP contribution in [0.25, 0.3) is 11.1 Å². The van der Waals surface area contributed by atoms with E-state index >= 15 is 0 Å². The smallest absolute Gasteiger partial charge is 0.0652 e. The van der Waals surface area contributed by atoms with Crippen molar-refractivity contribution in [3.8, 4) is 11.1 Å². The molecule has 4 aromatic rings. The van der Waals surface area contributed by atoms with Gasteiger partial charge in [-0.25, -0.2) is 0 Å². The zero-order valence-corrected chi connectivity index (χ0v) is 23.9. The summed E-state index contributed by atoms with van der Waals surface area (Å²) in [7, 11) is 0. The van der Waals surface area contributed by atoms with Crippen molar-refractivity contribution < 1.29 is 0 Å². The Morgan fingerprint density at radius 2 is 1.25 bits per heavy atom. The SMILES string of the molecule is CC1(C)C2=CC=CCC2c2cc(N3CCN(c4ccc5c(c4)-c4ccccc4C5(C)C)c4ccccc43)ccc21. The number of allylic oxidation sites excluding steroid dienone is 4. The summed E-state index contributed by atoms with van der Waals surface area (Å²) in [5.41, 5.74) is 15.5. The van der Waals surface area contributed by atoms with Gasteiger partial charge in [-0.3, -0.25) is 0 Å². The molecule has 0 saturated carbocycles. The number of rotatable bonds is 2. The lowest BCUT2D eigenvalue weighted by atomic mass is 9.79. The lowest BCUT2D eigenvalue weighted by Gasteiger charge is -2.39. The zero-order valence-electron chi connectivity index (χ0n) is 23.9. The van der Waals surface area contributed by atoms with E-state index in [9.17, 15) is 0 Å². The highest BCUT2D eigenvalue weighted by atomic mass is 15.3. The van der Waals surface area contributed by atoms with Crippen LogP contribution in [0.2, 0.25) is 0 Å². The van der Waals surface area contributed by atoms with Gasteiger partial charge in [0.05, 0.1) is 11.4 Å². The zero-order chi connectivity index (χ0) is 27.2. The monoisotopic (exact) mass is 520 g/mol. The molecule has 3 aliphatic carbocycles. The molecule has 0 spiro atoms. The summed E-state index contributed by atoms with van der Waals surface area (Å²) < 4.78 is 0. The first kappa shape index (κ1) is 23.8. The van der Waals surface area contributed by atoms with Gasteiger partial charge in [0.25, 0.3) is 0 Å². The molecule has 1 heterocycles. The van der Waals surface area contributed by atoms with Gasteiger partial charge in [0, 0.05) is 41.2 Å². The van der Waals surface area contributed by atoms with Crippen molar-refractivity contribution in [3.05, 3.63) is 131 Å². The van der Waals surface area contributed by atoms with Crippen molar-refractivity contribution in [3.63, 3.8) is 0 Å². The normalized spacial score (nSPS) is 20.8. The molecule has 0 N–H and O–H groups in total. The number of hydrogen-bond acceptors (Lipinski definition) is 2. The van der Waals surface area contributed by atoms with E-state index in [1.807, 2.05) is 0 Å². The van der Waals surface area contributed by atoms with Crippen molar-refractivity contribution in [2.24, 2.45) is 0 Å². The molecule has 0 bridgehead atoms. The third-order valence-corrected chi connectivity index (χ3v) is 10.2. The maximum absolute atomic E-state index is 2.53. The van der Waals surface area contributed by atoms with Gasteiger partial charge in [0.15, 0.2) is 0 Å². The Hall–Kier alpha value is -4.04. The van der Waals surface area contributed by atoms with E-state index in [2.05, 4.69) is 141 Å². The molecule has 1 atom stereocenters. The quantitative estimate of drug-likeness (QED) is 0.260. The second-order valence-electron chi connectivity index (χ2n) is 12.9.